The quantitative estimate of drug-likeness (QED) is 0.615. The second kappa shape index (κ2) is 5.52. The summed E-state index contributed by atoms with van der Waals surface area (Å²) in [6, 6.07) is 2.80. The molecule has 0 heterocycles. The molecule has 0 aliphatic rings. The highest BCUT2D eigenvalue weighted by Gasteiger charge is 2.34. The predicted octanol–water partition coefficient (Wildman–Crippen LogP) is 2.07. The average molecular weight is 262 g/mol. The molecule has 7 heteroatoms. The molecule has 98 valence electrons. The number of rotatable bonds is 4. The lowest BCUT2D eigenvalue weighted by Gasteiger charge is -2.13. The zero-order chi connectivity index (χ0) is 13.8. The molecule has 4 nitrogen and oxygen atoms in total. The number of ether oxygens (including phenoxy) is 2. The van der Waals surface area contributed by atoms with Crippen molar-refractivity contribution in [1.82, 2.24) is 0 Å². The van der Waals surface area contributed by atoms with Crippen LogP contribution in [0.3, 0.4) is 0 Å². The zero-order valence-electron chi connectivity index (χ0n) is 9.28. The second-order valence-electron chi connectivity index (χ2n) is 3.24. The van der Waals surface area contributed by atoms with Crippen molar-refractivity contribution in [3.8, 4) is 5.75 Å². The first-order valence-corrected chi connectivity index (χ1v) is 4.74. The fraction of sp³-hybridized carbons (Fsp3) is 0.273. The Morgan fingerprint density at radius 1 is 1.39 bits per heavy atom. The summed E-state index contributed by atoms with van der Waals surface area (Å²) >= 11 is 0. The number of benzene rings is 1. The zero-order valence-corrected chi connectivity index (χ0v) is 9.28. The van der Waals surface area contributed by atoms with E-state index in [-0.39, 0.29) is 5.56 Å². The number of carbonyl (C=O) groups excluding carboxylic acids is 2. The molecule has 0 unspecified atom stereocenters. The molecule has 0 N–H and O–H groups in total. The van der Waals surface area contributed by atoms with Crippen LogP contribution in [0.15, 0.2) is 18.2 Å². The summed E-state index contributed by atoms with van der Waals surface area (Å²) in [5, 5.41) is 0. The van der Waals surface area contributed by atoms with Crippen LogP contribution in [-0.2, 0) is 15.7 Å². The van der Waals surface area contributed by atoms with Crippen LogP contribution in [0.2, 0.25) is 0 Å². The topological polar surface area (TPSA) is 52.6 Å². The van der Waals surface area contributed by atoms with E-state index in [1.165, 1.54) is 0 Å². The highest BCUT2D eigenvalue weighted by molar-refractivity contribution is 5.76. The molecule has 0 aliphatic heterocycles. The predicted molar refractivity (Wildman–Crippen MR) is 54.3 cm³/mol. The lowest BCUT2D eigenvalue weighted by atomic mass is 10.1. The molecule has 0 radical (unpaired) electrons. The number of aldehydes is 1. The van der Waals surface area contributed by atoms with E-state index < -0.39 is 30.1 Å². The number of carbonyl (C=O) groups is 2. The molecule has 0 atom stereocenters. The van der Waals surface area contributed by atoms with Crippen molar-refractivity contribution in [3.63, 3.8) is 0 Å². The van der Waals surface area contributed by atoms with Gasteiger partial charge >= 0.3 is 12.1 Å². The fourth-order valence-electron chi connectivity index (χ4n) is 1.16. The van der Waals surface area contributed by atoms with Crippen molar-refractivity contribution in [1.29, 1.82) is 0 Å². The van der Waals surface area contributed by atoms with Gasteiger partial charge in [0.05, 0.1) is 12.7 Å². The summed E-state index contributed by atoms with van der Waals surface area (Å²) in [5.74, 6) is -1.33. The van der Waals surface area contributed by atoms with Crippen LogP contribution < -0.4 is 4.74 Å². The van der Waals surface area contributed by atoms with Crippen LogP contribution in [0, 0.1) is 0 Å². The normalized spacial score (nSPS) is 10.9. The Bertz CT molecular complexity index is 454. The maximum atomic E-state index is 12.7. The Balaban J connectivity index is 3.03. The fourth-order valence-corrected chi connectivity index (χ4v) is 1.16. The maximum absolute atomic E-state index is 12.7. The van der Waals surface area contributed by atoms with Gasteiger partial charge in [0.2, 0.25) is 0 Å². The van der Waals surface area contributed by atoms with Gasteiger partial charge < -0.3 is 9.47 Å². The van der Waals surface area contributed by atoms with E-state index in [2.05, 4.69) is 4.74 Å². The molecular weight excluding hydrogens is 253 g/mol. The smallest absolute Gasteiger partial charge is 0.419 e. The molecule has 1 rings (SSSR count). The van der Waals surface area contributed by atoms with Crippen molar-refractivity contribution in [2.24, 2.45) is 0 Å². The molecule has 18 heavy (non-hydrogen) atoms. The Labute approximate surface area is 100 Å². The van der Waals surface area contributed by atoms with Crippen LogP contribution in [-0.4, -0.2) is 26.0 Å². The molecule has 0 amide bonds. The number of halogens is 3. The van der Waals surface area contributed by atoms with Gasteiger partial charge in [-0.2, -0.15) is 13.2 Å². The molecule has 0 bridgehead atoms. The minimum absolute atomic E-state index is 0.132. The molecule has 1 aromatic carbocycles. The van der Waals surface area contributed by atoms with Gasteiger partial charge in [0.15, 0.2) is 6.61 Å². The largest absolute Gasteiger partial charge is 0.481 e. The molecule has 0 saturated carbocycles. The van der Waals surface area contributed by atoms with E-state index in [9.17, 15) is 22.8 Å². The molecular formula is C11H9F3O4. The van der Waals surface area contributed by atoms with E-state index >= 15 is 0 Å². The van der Waals surface area contributed by atoms with Crippen molar-refractivity contribution >= 4 is 12.3 Å². The van der Waals surface area contributed by atoms with E-state index in [0.717, 1.165) is 19.2 Å². The van der Waals surface area contributed by atoms with E-state index in [4.69, 9.17) is 4.74 Å². The van der Waals surface area contributed by atoms with E-state index in [1.807, 2.05) is 0 Å². The number of alkyl halides is 3. The maximum Gasteiger partial charge on any atom is 0.419 e. The van der Waals surface area contributed by atoms with Gasteiger partial charge in [0.1, 0.15) is 12.0 Å². The third-order valence-corrected chi connectivity index (χ3v) is 2.02. The van der Waals surface area contributed by atoms with Crippen LogP contribution in [0.1, 0.15) is 15.9 Å². The number of hydrogen-bond donors (Lipinski definition) is 0. The average Bonchev–Trinajstić information content (AvgIpc) is 2.34. The van der Waals surface area contributed by atoms with Crippen LogP contribution in [0.25, 0.3) is 0 Å². The SMILES string of the molecule is COC(=O)COc1ccc(C=O)cc1C(F)(F)F. The standard InChI is InChI=1S/C11H9F3O4/c1-17-10(16)6-18-9-3-2-7(5-15)4-8(9)11(12,13)14/h2-5H,6H2,1H3. The number of esters is 1. The molecule has 0 aromatic heterocycles. The first-order valence-electron chi connectivity index (χ1n) is 4.74. The lowest BCUT2D eigenvalue weighted by molar-refractivity contribution is -0.145. The van der Waals surface area contributed by atoms with Gasteiger partial charge in [-0.05, 0) is 18.2 Å². The van der Waals surface area contributed by atoms with Crippen LogP contribution in [0.4, 0.5) is 13.2 Å². The monoisotopic (exact) mass is 262 g/mol. The van der Waals surface area contributed by atoms with Gasteiger partial charge in [-0.1, -0.05) is 0 Å². The van der Waals surface area contributed by atoms with Gasteiger partial charge in [0, 0.05) is 5.56 Å². The minimum atomic E-state index is -4.68. The van der Waals surface area contributed by atoms with Crippen molar-refractivity contribution < 1.29 is 32.2 Å². The summed E-state index contributed by atoms with van der Waals surface area (Å²) in [6.45, 7) is -0.639. The van der Waals surface area contributed by atoms with Crippen molar-refractivity contribution in [2.45, 2.75) is 6.18 Å². The summed E-state index contributed by atoms with van der Waals surface area (Å²) in [7, 11) is 1.09. The summed E-state index contributed by atoms with van der Waals surface area (Å²) in [4.78, 5) is 21.2. The van der Waals surface area contributed by atoms with Crippen molar-refractivity contribution in [3.05, 3.63) is 29.3 Å². The van der Waals surface area contributed by atoms with Gasteiger partial charge in [-0.15, -0.1) is 0 Å². The lowest BCUT2D eigenvalue weighted by Crippen LogP contribution is -2.16. The molecule has 0 spiro atoms. The minimum Gasteiger partial charge on any atom is -0.481 e. The van der Waals surface area contributed by atoms with Gasteiger partial charge in [-0.3, -0.25) is 4.79 Å². The number of methoxy groups -OCH3 is 1. The summed E-state index contributed by atoms with van der Waals surface area (Å²) in [5.41, 5.74) is -1.25. The van der Waals surface area contributed by atoms with Crippen LogP contribution in [0.5, 0.6) is 5.75 Å². The highest BCUT2D eigenvalue weighted by Crippen LogP contribution is 2.36. The molecule has 0 fully saturated rings. The first kappa shape index (κ1) is 14.0. The third-order valence-electron chi connectivity index (χ3n) is 2.02. The first-order chi connectivity index (χ1) is 8.38. The second-order valence-corrected chi connectivity index (χ2v) is 3.24. The van der Waals surface area contributed by atoms with Gasteiger partial charge in [0.25, 0.3) is 0 Å². The molecule has 0 aliphatic carbocycles. The van der Waals surface area contributed by atoms with Crippen LogP contribution >= 0.6 is 0 Å². The Hall–Kier alpha value is -2.05. The van der Waals surface area contributed by atoms with E-state index in [1.54, 1.807) is 0 Å². The Morgan fingerprint density at radius 2 is 2.06 bits per heavy atom. The van der Waals surface area contributed by atoms with Crippen molar-refractivity contribution in [2.75, 3.05) is 13.7 Å². The summed E-state index contributed by atoms with van der Waals surface area (Å²) in [6.07, 6.45) is -4.39. The third kappa shape index (κ3) is 3.47. The molecule has 0 saturated heterocycles. The molecule has 1 aromatic rings. The summed E-state index contributed by atoms with van der Waals surface area (Å²) < 4.78 is 46.9. The Morgan fingerprint density at radius 3 is 2.56 bits per heavy atom. The number of hydrogen-bond acceptors (Lipinski definition) is 4. The van der Waals surface area contributed by atoms with Gasteiger partial charge in [-0.25, -0.2) is 4.79 Å². The Kier molecular flexibility index (Phi) is 4.30. The highest BCUT2D eigenvalue weighted by atomic mass is 19.4. The van der Waals surface area contributed by atoms with E-state index in [0.29, 0.717) is 12.4 Å².